The maximum atomic E-state index is 7.97. The molecule has 0 atom stereocenters. The number of hydrogen-bond donors (Lipinski definition) is 0. The number of nitrogens with zero attached hydrogens (tertiary/aromatic N) is 2. The van der Waals surface area contributed by atoms with Gasteiger partial charge in [0.1, 0.15) is 0 Å². The van der Waals surface area contributed by atoms with E-state index in [-0.39, 0.29) is 0 Å². The molecule has 0 radical (unpaired) electrons. The fraction of sp³-hybridized carbons (Fsp3) is 0.600. The van der Waals surface area contributed by atoms with Crippen molar-refractivity contribution in [2.75, 3.05) is 0 Å². The smallest absolute Gasteiger partial charge is 0.290 e. The van der Waals surface area contributed by atoms with Crippen molar-refractivity contribution >= 4 is 0 Å². The largest absolute Gasteiger partial charge is 0.382 e. The monoisotopic (exact) mass is 126 g/mol. The zero-order valence-electron chi connectivity index (χ0n) is 5.21. The Balaban J connectivity index is 3.77. The van der Waals surface area contributed by atoms with Gasteiger partial charge in [-0.1, -0.05) is 0 Å². The summed E-state index contributed by atoms with van der Waals surface area (Å²) in [6.07, 6.45) is 2.83. The fourth-order valence-electron chi connectivity index (χ4n) is 0.241. The Morgan fingerprint density at radius 1 is 1.11 bits per heavy atom. The van der Waals surface area contributed by atoms with Gasteiger partial charge >= 0.3 is 0 Å². The minimum absolute atomic E-state index is 1.12. The van der Waals surface area contributed by atoms with Gasteiger partial charge in [-0.15, -0.1) is 0 Å². The Labute approximate surface area is 53.2 Å². The summed E-state index contributed by atoms with van der Waals surface area (Å²) in [5, 5.41) is 15.9. The minimum atomic E-state index is -1.12. The Morgan fingerprint density at radius 3 is 1.67 bits per heavy atom. The van der Waals surface area contributed by atoms with Crippen molar-refractivity contribution in [1.29, 1.82) is 10.5 Å². The predicted octanol–water partition coefficient (Wildman–Crippen LogP) is 0.718. The summed E-state index contributed by atoms with van der Waals surface area (Å²) in [5.41, 5.74) is 0. The van der Waals surface area contributed by atoms with Gasteiger partial charge in [-0.2, -0.15) is 10.5 Å². The molecule has 0 aliphatic rings. The molecule has 0 saturated heterocycles. The zero-order valence-corrected chi connectivity index (χ0v) is 5.21. The number of rotatable bonds is 2. The molecule has 0 aliphatic carbocycles. The van der Waals surface area contributed by atoms with Gasteiger partial charge in [0.05, 0.1) is 0 Å². The standard InChI is InChI=1S/C5H6N2O2/c1-5(2,8-3-6)9-4-7/h1-2H3. The van der Waals surface area contributed by atoms with Crippen molar-refractivity contribution in [2.24, 2.45) is 0 Å². The zero-order chi connectivity index (χ0) is 7.33. The van der Waals surface area contributed by atoms with Crippen LogP contribution in [0.2, 0.25) is 0 Å². The Bertz CT molecular complexity index is 145. The van der Waals surface area contributed by atoms with Gasteiger partial charge in [-0.25, -0.2) is 0 Å². The van der Waals surface area contributed by atoms with Gasteiger partial charge in [-0.05, 0) is 0 Å². The first kappa shape index (κ1) is 7.58. The van der Waals surface area contributed by atoms with E-state index in [2.05, 4.69) is 9.47 Å². The van der Waals surface area contributed by atoms with Crippen LogP contribution in [0.1, 0.15) is 13.8 Å². The maximum absolute atomic E-state index is 7.97. The molecule has 0 rings (SSSR count). The summed E-state index contributed by atoms with van der Waals surface area (Å²) in [6, 6.07) is 0. The van der Waals surface area contributed by atoms with Gasteiger partial charge in [0.25, 0.3) is 18.3 Å². The lowest BCUT2D eigenvalue weighted by Gasteiger charge is -2.15. The molecular weight excluding hydrogens is 120 g/mol. The van der Waals surface area contributed by atoms with Crippen LogP contribution in [0.3, 0.4) is 0 Å². The summed E-state index contributed by atoms with van der Waals surface area (Å²) in [7, 11) is 0. The lowest BCUT2D eigenvalue weighted by molar-refractivity contribution is -0.127. The highest BCUT2D eigenvalue weighted by Crippen LogP contribution is 2.07. The number of nitriles is 2. The van der Waals surface area contributed by atoms with Crippen molar-refractivity contribution in [3.05, 3.63) is 0 Å². The maximum Gasteiger partial charge on any atom is 0.290 e. The fourth-order valence-corrected chi connectivity index (χ4v) is 0.241. The summed E-state index contributed by atoms with van der Waals surface area (Å²) >= 11 is 0. The van der Waals surface area contributed by atoms with Crippen molar-refractivity contribution in [3.8, 4) is 12.5 Å². The van der Waals surface area contributed by atoms with E-state index in [1.165, 1.54) is 26.4 Å². The first-order valence-electron chi connectivity index (χ1n) is 2.26. The third-order valence-corrected chi connectivity index (χ3v) is 0.583. The molecule has 0 aliphatic heterocycles. The predicted molar refractivity (Wildman–Crippen MR) is 27.5 cm³/mol. The topological polar surface area (TPSA) is 66.0 Å². The molecule has 0 aromatic rings. The van der Waals surface area contributed by atoms with Crippen LogP contribution >= 0.6 is 0 Å². The summed E-state index contributed by atoms with van der Waals surface area (Å²) < 4.78 is 8.66. The van der Waals surface area contributed by atoms with E-state index in [1.807, 2.05) is 0 Å². The molecule has 0 N–H and O–H groups in total. The second-order valence-corrected chi connectivity index (χ2v) is 1.79. The highest BCUT2D eigenvalue weighted by Gasteiger charge is 2.19. The van der Waals surface area contributed by atoms with Crippen LogP contribution in [0.25, 0.3) is 0 Å². The molecule has 0 heterocycles. The molecule has 9 heavy (non-hydrogen) atoms. The molecule has 4 nitrogen and oxygen atoms in total. The van der Waals surface area contributed by atoms with Gasteiger partial charge in [0.15, 0.2) is 0 Å². The molecule has 0 spiro atoms. The summed E-state index contributed by atoms with van der Waals surface area (Å²) in [5.74, 6) is -1.12. The first-order chi connectivity index (χ1) is 4.12. The quantitative estimate of drug-likeness (QED) is 0.404. The Morgan fingerprint density at radius 2 is 1.44 bits per heavy atom. The van der Waals surface area contributed by atoms with Crippen LogP contribution in [0.15, 0.2) is 0 Å². The summed E-state index contributed by atoms with van der Waals surface area (Å²) in [4.78, 5) is 0. The van der Waals surface area contributed by atoms with Crippen molar-refractivity contribution in [3.63, 3.8) is 0 Å². The second-order valence-electron chi connectivity index (χ2n) is 1.79. The first-order valence-corrected chi connectivity index (χ1v) is 2.26. The van der Waals surface area contributed by atoms with E-state index in [9.17, 15) is 0 Å². The molecule has 0 aromatic heterocycles. The van der Waals surface area contributed by atoms with Gasteiger partial charge in [0, 0.05) is 13.8 Å². The van der Waals surface area contributed by atoms with E-state index in [4.69, 9.17) is 10.5 Å². The lowest BCUT2D eigenvalue weighted by atomic mass is 10.4. The molecule has 48 valence electrons. The molecule has 4 heteroatoms. The van der Waals surface area contributed by atoms with E-state index < -0.39 is 5.79 Å². The minimum Gasteiger partial charge on any atom is -0.382 e. The average Bonchev–Trinajstić information content (AvgIpc) is 1.64. The van der Waals surface area contributed by atoms with Crippen LogP contribution in [0.5, 0.6) is 0 Å². The van der Waals surface area contributed by atoms with Crippen LogP contribution in [-0.4, -0.2) is 5.79 Å². The second kappa shape index (κ2) is 2.78. The Kier molecular flexibility index (Phi) is 2.34. The molecule has 0 saturated carbocycles. The van der Waals surface area contributed by atoms with Crippen molar-refractivity contribution in [1.82, 2.24) is 0 Å². The number of hydrogen-bond acceptors (Lipinski definition) is 4. The van der Waals surface area contributed by atoms with E-state index in [0.29, 0.717) is 0 Å². The SMILES string of the molecule is CC(C)(OC#N)OC#N. The Hall–Kier alpha value is -1.42. The van der Waals surface area contributed by atoms with Gasteiger partial charge < -0.3 is 9.47 Å². The van der Waals surface area contributed by atoms with Crippen LogP contribution < -0.4 is 0 Å². The van der Waals surface area contributed by atoms with Crippen LogP contribution in [-0.2, 0) is 9.47 Å². The third kappa shape index (κ3) is 3.19. The normalized spacial score (nSPS) is 8.89. The molecule has 0 unspecified atom stereocenters. The third-order valence-electron chi connectivity index (χ3n) is 0.583. The van der Waals surface area contributed by atoms with E-state index in [1.54, 1.807) is 0 Å². The van der Waals surface area contributed by atoms with Gasteiger partial charge in [-0.3, -0.25) is 0 Å². The molecule has 0 bridgehead atoms. The van der Waals surface area contributed by atoms with Crippen LogP contribution in [0.4, 0.5) is 0 Å². The number of ether oxygens (including phenoxy) is 2. The van der Waals surface area contributed by atoms with Crippen molar-refractivity contribution < 1.29 is 9.47 Å². The summed E-state index contributed by atoms with van der Waals surface area (Å²) in [6.45, 7) is 2.94. The van der Waals surface area contributed by atoms with Crippen molar-refractivity contribution in [2.45, 2.75) is 19.6 Å². The van der Waals surface area contributed by atoms with Gasteiger partial charge in [0.2, 0.25) is 0 Å². The molecule has 0 amide bonds. The highest BCUT2D eigenvalue weighted by molar-refractivity contribution is 4.65. The van der Waals surface area contributed by atoms with Crippen LogP contribution in [0, 0.1) is 23.0 Å². The average molecular weight is 126 g/mol. The highest BCUT2D eigenvalue weighted by atomic mass is 16.7. The lowest BCUT2D eigenvalue weighted by Crippen LogP contribution is -2.23. The molecule has 0 aromatic carbocycles. The van der Waals surface area contributed by atoms with E-state index in [0.717, 1.165) is 0 Å². The van der Waals surface area contributed by atoms with E-state index >= 15 is 0 Å². The molecule has 0 fully saturated rings. The molecular formula is C5H6N2O2.